The maximum absolute atomic E-state index is 10.8. The molecule has 0 fully saturated rings. The van der Waals surface area contributed by atoms with E-state index in [-0.39, 0.29) is 16.5 Å². The molecular formula is C10H12ClNO2. The van der Waals surface area contributed by atoms with Crippen molar-refractivity contribution in [3.05, 3.63) is 28.3 Å². The number of carboxylic acids is 1. The number of halogens is 1. The maximum atomic E-state index is 10.8. The van der Waals surface area contributed by atoms with Crippen molar-refractivity contribution >= 4 is 23.3 Å². The van der Waals surface area contributed by atoms with Crippen LogP contribution in [0.5, 0.6) is 0 Å². The van der Waals surface area contributed by atoms with Gasteiger partial charge in [0.1, 0.15) is 0 Å². The van der Waals surface area contributed by atoms with Crippen molar-refractivity contribution in [1.29, 1.82) is 0 Å². The molecule has 4 heteroatoms. The summed E-state index contributed by atoms with van der Waals surface area (Å²) < 4.78 is 0. The summed E-state index contributed by atoms with van der Waals surface area (Å²) in [6.07, 6.45) is 0. The number of anilines is 1. The van der Waals surface area contributed by atoms with E-state index in [1.54, 1.807) is 6.07 Å². The van der Waals surface area contributed by atoms with Gasteiger partial charge in [0.05, 0.1) is 10.6 Å². The number of benzene rings is 1. The highest BCUT2D eigenvalue weighted by Crippen LogP contribution is 2.30. The predicted octanol–water partition coefficient (Wildman–Crippen LogP) is 2.74. The van der Waals surface area contributed by atoms with Crippen LogP contribution in [-0.4, -0.2) is 11.1 Å². The normalized spacial score (nSPS) is 10.6. The van der Waals surface area contributed by atoms with Crippen LogP contribution in [0.3, 0.4) is 0 Å². The molecule has 0 saturated carbocycles. The van der Waals surface area contributed by atoms with E-state index in [1.165, 1.54) is 6.07 Å². The fourth-order valence-corrected chi connectivity index (χ4v) is 1.65. The zero-order chi connectivity index (χ0) is 10.9. The molecule has 1 rings (SSSR count). The number of hydrogen-bond donors (Lipinski definition) is 2. The average Bonchev–Trinajstić information content (AvgIpc) is 2.07. The summed E-state index contributed by atoms with van der Waals surface area (Å²) in [6, 6.07) is 3.08. The molecule has 0 aromatic heterocycles. The summed E-state index contributed by atoms with van der Waals surface area (Å²) in [5.41, 5.74) is 6.84. The van der Waals surface area contributed by atoms with Crippen LogP contribution in [0.15, 0.2) is 12.1 Å². The molecule has 0 atom stereocenters. The van der Waals surface area contributed by atoms with Gasteiger partial charge >= 0.3 is 5.97 Å². The fraction of sp³-hybridized carbons (Fsp3) is 0.300. The second kappa shape index (κ2) is 3.88. The summed E-state index contributed by atoms with van der Waals surface area (Å²) in [5.74, 6) is -0.895. The highest BCUT2D eigenvalue weighted by Gasteiger charge is 2.15. The van der Waals surface area contributed by atoms with Gasteiger partial charge in [0, 0.05) is 5.69 Å². The van der Waals surface area contributed by atoms with Crippen molar-refractivity contribution in [3.63, 3.8) is 0 Å². The van der Waals surface area contributed by atoms with Crippen LogP contribution in [0.2, 0.25) is 5.02 Å². The van der Waals surface area contributed by atoms with Gasteiger partial charge in [-0.2, -0.15) is 0 Å². The molecule has 0 spiro atoms. The number of rotatable bonds is 2. The topological polar surface area (TPSA) is 63.3 Å². The van der Waals surface area contributed by atoms with Crippen LogP contribution >= 0.6 is 11.6 Å². The van der Waals surface area contributed by atoms with Gasteiger partial charge in [0.25, 0.3) is 0 Å². The van der Waals surface area contributed by atoms with E-state index in [0.717, 1.165) is 5.56 Å². The largest absolute Gasteiger partial charge is 0.478 e. The Bertz CT molecular complexity index is 375. The van der Waals surface area contributed by atoms with Crippen molar-refractivity contribution in [2.75, 3.05) is 5.73 Å². The quantitative estimate of drug-likeness (QED) is 0.743. The van der Waals surface area contributed by atoms with E-state index < -0.39 is 5.97 Å². The number of hydrogen-bond acceptors (Lipinski definition) is 2. The lowest BCUT2D eigenvalue weighted by atomic mass is 9.99. The lowest BCUT2D eigenvalue weighted by molar-refractivity contribution is 0.0697. The van der Waals surface area contributed by atoms with Gasteiger partial charge in [-0.25, -0.2) is 4.79 Å². The van der Waals surface area contributed by atoms with Gasteiger partial charge in [-0.15, -0.1) is 0 Å². The Balaban J connectivity index is 3.40. The van der Waals surface area contributed by atoms with Crippen molar-refractivity contribution < 1.29 is 9.90 Å². The van der Waals surface area contributed by atoms with Crippen molar-refractivity contribution in [3.8, 4) is 0 Å². The van der Waals surface area contributed by atoms with Gasteiger partial charge in [-0.3, -0.25) is 0 Å². The molecule has 0 aliphatic rings. The zero-order valence-corrected chi connectivity index (χ0v) is 8.80. The van der Waals surface area contributed by atoms with Gasteiger partial charge in [0.15, 0.2) is 0 Å². The van der Waals surface area contributed by atoms with Gasteiger partial charge < -0.3 is 10.8 Å². The van der Waals surface area contributed by atoms with Crippen LogP contribution in [0.4, 0.5) is 5.69 Å². The van der Waals surface area contributed by atoms with Crippen molar-refractivity contribution in [1.82, 2.24) is 0 Å². The SMILES string of the molecule is CC(C)c1cc(N)cc(C(=O)O)c1Cl. The summed E-state index contributed by atoms with van der Waals surface area (Å²) in [6.45, 7) is 3.87. The minimum Gasteiger partial charge on any atom is -0.478 e. The summed E-state index contributed by atoms with van der Waals surface area (Å²) in [4.78, 5) is 10.8. The molecule has 0 heterocycles. The predicted molar refractivity (Wildman–Crippen MR) is 56.9 cm³/mol. The number of nitrogens with two attached hydrogens (primary N) is 1. The molecule has 0 bridgehead atoms. The summed E-state index contributed by atoms with van der Waals surface area (Å²) in [5, 5.41) is 9.14. The van der Waals surface area contributed by atoms with Crippen molar-refractivity contribution in [2.45, 2.75) is 19.8 Å². The first-order chi connectivity index (χ1) is 6.43. The monoisotopic (exact) mass is 213 g/mol. The fourth-order valence-electron chi connectivity index (χ4n) is 1.25. The first-order valence-electron chi connectivity index (χ1n) is 4.25. The lowest BCUT2D eigenvalue weighted by Gasteiger charge is -2.11. The number of carbonyl (C=O) groups is 1. The maximum Gasteiger partial charge on any atom is 0.337 e. The molecule has 3 N–H and O–H groups in total. The summed E-state index contributed by atoms with van der Waals surface area (Å²) >= 11 is 5.93. The smallest absolute Gasteiger partial charge is 0.337 e. The Labute approximate surface area is 87.5 Å². The minimum atomic E-state index is -1.05. The number of aromatic carboxylic acids is 1. The molecule has 0 aliphatic carbocycles. The molecule has 0 amide bonds. The van der Waals surface area contributed by atoms with Gasteiger partial charge in [0.2, 0.25) is 0 Å². The van der Waals surface area contributed by atoms with Gasteiger partial charge in [-0.1, -0.05) is 25.4 Å². The van der Waals surface area contributed by atoms with E-state index >= 15 is 0 Å². The molecule has 1 aromatic carbocycles. The second-order valence-corrected chi connectivity index (χ2v) is 3.81. The molecule has 14 heavy (non-hydrogen) atoms. The Hall–Kier alpha value is -1.22. The van der Waals surface area contributed by atoms with Crippen LogP contribution in [0, 0.1) is 0 Å². The van der Waals surface area contributed by atoms with E-state index in [4.69, 9.17) is 22.4 Å². The van der Waals surface area contributed by atoms with E-state index in [9.17, 15) is 4.79 Å². The molecule has 1 aromatic rings. The molecule has 0 radical (unpaired) electrons. The minimum absolute atomic E-state index is 0.0652. The highest BCUT2D eigenvalue weighted by molar-refractivity contribution is 6.34. The standard InChI is InChI=1S/C10H12ClNO2/c1-5(2)7-3-6(12)4-8(9(7)11)10(13)14/h3-5H,12H2,1-2H3,(H,13,14). The molecule has 0 unspecified atom stereocenters. The third-order valence-electron chi connectivity index (χ3n) is 1.98. The van der Waals surface area contributed by atoms with E-state index in [0.29, 0.717) is 5.69 Å². The average molecular weight is 214 g/mol. The third-order valence-corrected chi connectivity index (χ3v) is 2.40. The number of nitrogen functional groups attached to an aromatic ring is 1. The summed E-state index contributed by atoms with van der Waals surface area (Å²) in [7, 11) is 0. The third kappa shape index (κ3) is 1.99. The second-order valence-electron chi connectivity index (χ2n) is 3.43. The number of carboxylic acid groups (broad SMARTS) is 1. The molecule has 3 nitrogen and oxygen atoms in total. The van der Waals surface area contributed by atoms with E-state index in [1.807, 2.05) is 13.8 Å². The molecule has 76 valence electrons. The van der Waals surface area contributed by atoms with Crippen LogP contribution in [0.1, 0.15) is 35.7 Å². The molecular weight excluding hydrogens is 202 g/mol. The Morgan fingerprint density at radius 1 is 1.50 bits per heavy atom. The first-order valence-corrected chi connectivity index (χ1v) is 4.63. The zero-order valence-electron chi connectivity index (χ0n) is 8.04. The van der Waals surface area contributed by atoms with Crippen LogP contribution in [-0.2, 0) is 0 Å². The molecule has 0 saturated heterocycles. The first kappa shape index (κ1) is 10.9. The van der Waals surface area contributed by atoms with Crippen LogP contribution < -0.4 is 5.73 Å². The Morgan fingerprint density at radius 2 is 2.07 bits per heavy atom. The Morgan fingerprint density at radius 3 is 2.50 bits per heavy atom. The van der Waals surface area contributed by atoms with E-state index in [2.05, 4.69) is 0 Å². The lowest BCUT2D eigenvalue weighted by Crippen LogP contribution is -2.03. The van der Waals surface area contributed by atoms with Gasteiger partial charge in [-0.05, 0) is 23.6 Å². The molecule has 0 aliphatic heterocycles. The Kier molecular flexibility index (Phi) is 3.01. The van der Waals surface area contributed by atoms with Crippen molar-refractivity contribution in [2.24, 2.45) is 0 Å². The van der Waals surface area contributed by atoms with Crippen LogP contribution in [0.25, 0.3) is 0 Å². The highest BCUT2D eigenvalue weighted by atomic mass is 35.5.